The summed E-state index contributed by atoms with van der Waals surface area (Å²) in [5.41, 5.74) is 2.87. The average molecular weight is 311 g/mol. The van der Waals surface area contributed by atoms with Crippen molar-refractivity contribution >= 4 is 29.7 Å². The van der Waals surface area contributed by atoms with Gasteiger partial charge in [-0.15, -0.1) is 0 Å². The second-order valence-corrected chi connectivity index (χ2v) is 4.41. The summed E-state index contributed by atoms with van der Waals surface area (Å²) in [5, 5.41) is 15.0. The largest absolute Gasteiger partial charge is 0.478 e. The van der Waals surface area contributed by atoms with Gasteiger partial charge in [-0.25, -0.2) is 10.2 Å². The maximum atomic E-state index is 11.6. The van der Waals surface area contributed by atoms with E-state index in [0.29, 0.717) is 11.3 Å². The van der Waals surface area contributed by atoms with E-state index < -0.39 is 17.8 Å². The summed E-state index contributed by atoms with van der Waals surface area (Å²) >= 11 is 0. The minimum atomic E-state index is -1.11. The number of benzene rings is 2. The summed E-state index contributed by atoms with van der Waals surface area (Å²) in [7, 11) is 0. The molecule has 0 bridgehead atoms. The third kappa shape index (κ3) is 4.50. The molecule has 0 aliphatic heterocycles. The van der Waals surface area contributed by atoms with Gasteiger partial charge in [0.1, 0.15) is 0 Å². The molecule has 7 heteroatoms. The third-order valence-corrected chi connectivity index (χ3v) is 2.80. The van der Waals surface area contributed by atoms with Gasteiger partial charge in [-0.2, -0.15) is 5.10 Å². The minimum absolute atomic E-state index is 0.0410. The van der Waals surface area contributed by atoms with Gasteiger partial charge in [-0.1, -0.05) is 36.4 Å². The lowest BCUT2D eigenvalue weighted by Gasteiger charge is -2.03. The summed E-state index contributed by atoms with van der Waals surface area (Å²) in [4.78, 5) is 34.3. The summed E-state index contributed by atoms with van der Waals surface area (Å²) < 4.78 is 0. The van der Waals surface area contributed by atoms with Crippen molar-refractivity contribution in [2.45, 2.75) is 0 Å². The van der Waals surface area contributed by atoms with Crippen LogP contribution in [0.1, 0.15) is 15.9 Å². The molecule has 0 spiro atoms. The SMILES string of the molecule is O=C(NN=Cc1ccccc1C(=O)O)C(=O)Nc1ccccc1. The highest BCUT2D eigenvalue weighted by Gasteiger charge is 2.12. The zero-order valence-electron chi connectivity index (χ0n) is 11.9. The zero-order chi connectivity index (χ0) is 16.7. The zero-order valence-corrected chi connectivity index (χ0v) is 11.9. The number of nitrogens with one attached hydrogen (secondary N) is 2. The Hall–Kier alpha value is -3.48. The fraction of sp³-hybridized carbons (Fsp3) is 0. The van der Waals surface area contributed by atoms with Crippen LogP contribution >= 0.6 is 0 Å². The summed E-state index contributed by atoms with van der Waals surface area (Å²) in [5.74, 6) is -2.95. The van der Waals surface area contributed by atoms with E-state index in [9.17, 15) is 14.4 Å². The minimum Gasteiger partial charge on any atom is -0.478 e. The molecule has 23 heavy (non-hydrogen) atoms. The van der Waals surface area contributed by atoms with Crippen molar-refractivity contribution in [1.29, 1.82) is 0 Å². The normalized spacial score (nSPS) is 10.3. The molecule has 0 aliphatic carbocycles. The molecule has 0 saturated carbocycles. The number of carboxylic acid groups (broad SMARTS) is 1. The number of hydrogen-bond donors (Lipinski definition) is 3. The third-order valence-electron chi connectivity index (χ3n) is 2.80. The van der Waals surface area contributed by atoms with Gasteiger partial charge in [0.2, 0.25) is 0 Å². The number of aromatic carboxylic acids is 1. The molecule has 2 aromatic carbocycles. The van der Waals surface area contributed by atoms with E-state index in [4.69, 9.17) is 5.11 Å². The van der Waals surface area contributed by atoms with E-state index in [1.165, 1.54) is 12.1 Å². The lowest BCUT2D eigenvalue weighted by Crippen LogP contribution is -2.32. The molecular weight excluding hydrogens is 298 g/mol. The van der Waals surface area contributed by atoms with Gasteiger partial charge in [0.25, 0.3) is 0 Å². The number of para-hydroxylation sites is 1. The highest BCUT2D eigenvalue weighted by atomic mass is 16.4. The van der Waals surface area contributed by atoms with Gasteiger partial charge in [0.05, 0.1) is 11.8 Å². The van der Waals surface area contributed by atoms with Gasteiger partial charge < -0.3 is 10.4 Å². The molecule has 0 fully saturated rings. The van der Waals surface area contributed by atoms with E-state index >= 15 is 0 Å². The van der Waals surface area contributed by atoms with Gasteiger partial charge in [0, 0.05) is 11.3 Å². The van der Waals surface area contributed by atoms with Crippen LogP contribution in [0.3, 0.4) is 0 Å². The molecule has 0 unspecified atom stereocenters. The molecule has 7 nitrogen and oxygen atoms in total. The number of hydrazone groups is 1. The average Bonchev–Trinajstić information content (AvgIpc) is 2.56. The molecule has 116 valence electrons. The van der Waals surface area contributed by atoms with Crippen molar-refractivity contribution in [1.82, 2.24) is 5.43 Å². The Labute approximate surface area is 131 Å². The van der Waals surface area contributed by atoms with Crippen LogP contribution in [0.2, 0.25) is 0 Å². The van der Waals surface area contributed by atoms with Crippen LogP contribution in [0.25, 0.3) is 0 Å². The Bertz CT molecular complexity index is 757. The van der Waals surface area contributed by atoms with Crippen molar-refractivity contribution in [2.24, 2.45) is 5.10 Å². The van der Waals surface area contributed by atoms with Gasteiger partial charge in [0.15, 0.2) is 0 Å². The highest BCUT2D eigenvalue weighted by molar-refractivity contribution is 6.39. The Morgan fingerprint density at radius 1 is 0.913 bits per heavy atom. The van der Waals surface area contributed by atoms with E-state index in [2.05, 4.69) is 10.4 Å². The molecule has 2 aromatic rings. The highest BCUT2D eigenvalue weighted by Crippen LogP contribution is 2.06. The smallest absolute Gasteiger partial charge is 0.336 e. The van der Waals surface area contributed by atoms with E-state index in [-0.39, 0.29) is 5.56 Å². The number of rotatable bonds is 4. The van der Waals surface area contributed by atoms with E-state index in [1.807, 2.05) is 5.43 Å². The molecule has 0 radical (unpaired) electrons. The molecule has 0 saturated heterocycles. The topological polar surface area (TPSA) is 108 Å². The van der Waals surface area contributed by atoms with Crippen molar-refractivity contribution in [3.05, 3.63) is 65.7 Å². The fourth-order valence-electron chi connectivity index (χ4n) is 1.72. The predicted octanol–water partition coefficient (Wildman–Crippen LogP) is 1.47. The second kappa shape index (κ2) is 7.51. The van der Waals surface area contributed by atoms with Crippen LogP contribution in [-0.4, -0.2) is 29.1 Å². The molecular formula is C16H13N3O4. The number of carbonyl (C=O) groups is 3. The van der Waals surface area contributed by atoms with E-state index in [0.717, 1.165) is 6.21 Å². The lowest BCUT2D eigenvalue weighted by molar-refractivity contribution is -0.136. The monoisotopic (exact) mass is 311 g/mol. The lowest BCUT2D eigenvalue weighted by atomic mass is 10.1. The standard InChI is InChI=1S/C16H13N3O4/c20-14(18-12-7-2-1-3-8-12)15(21)19-17-10-11-6-4-5-9-13(11)16(22)23/h1-10H,(H,18,20)(H,19,21)(H,22,23). The van der Waals surface area contributed by atoms with Crippen molar-refractivity contribution in [3.63, 3.8) is 0 Å². The molecule has 0 heterocycles. The molecule has 0 aromatic heterocycles. The van der Waals surface area contributed by atoms with E-state index in [1.54, 1.807) is 42.5 Å². The van der Waals surface area contributed by atoms with Gasteiger partial charge in [-0.3, -0.25) is 9.59 Å². The molecule has 0 aliphatic rings. The van der Waals surface area contributed by atoms with Crippen molar-refractivity contribution in [3.8, 4) is 0 Å². The molecule has 2 amide bonds. The first-order valence-electron chi connectivity index (χ1n) is 6.59. The summed E-state index contributed by atoms with van der Waals surface area (Å²) in [6, 6.07) is 14.6. The molecule has 2 rings (SSSR count). The molecule has 0 atom stereocenters. The van der Waals surface area contributed by atoms with Crippen LogP contribution in [-0.2, 0) is 9.59 Å². The van der Waals surface area contributed by atoms with Crippen LogP contribution in [0.5, 0.6) is 0 Å². The summed E-state index contributed by atoms with van der Waals surface area (Å²) in [6.45, 7) is 0. The number of carbonyl (C=O) groups excluding carboxylic acids is 2. The maximum absolute atomic E-state index is 11.6. The Balaban J connectivity index is 1.96. The van der Waals surface area contributed by atoms with Crippen molar-refractivity contribution < 1.29 is 19.5 Å². The number of anilines is 1. The number of hydrogen-bond acceptors (Lipinski definition) is 4. The van der Waals surface area contributed by atoms with Gasteiger partial charge in [-0.05, 0) is 18.2 Å². The van der Waals surface area contributed by atoms with Crippen LogP contribution < -0.4 is 10.7 Å². The quantitative estimate of drug-likeness (QED) is 0.451. The van der Waals surface area contributed by atoms with Crippen molar-refractivity contribution in [2.75, 3.05) is 5.32 Å². The Morgan fingerprint density at radius 3 is 2.26 bits per heavy atom. The Kier molecular flexibility index (Phi) is 5.19. The number of nitrogens with zero attached hydrogens (tertiary/aromatic N) is 1. The predicted molar refractivity (Wildman–Crippen MR) is 84.2 cm³/mol. The van der Waals surface area contributed by atoms with Gasteiger partial charge >= 0.3 is 17.8 Å². The molecule has 3 N–H and O–H groups in total. The summed E-state index contributed by atoms with van der Waals surface area (Å²) in [6.07, 6.45) is 1.16. The van der Waals surface area contributed by atoms with Crippen LogP contribution in [0.4, 0.5) is 5.69 Å². The number of amides is 2. The maximum Gasteiger partial charge on any atom is 0.336 e. The first kappa shape index (κ1) is 15.9. The first-order valence-corrected chi connectivity index (χ1v) is 6.59. The Morgan fingerprint density at radius 2 is 1.57 bits per heavy atom. The van der Waals surface area contributed by atoms with Crippen LogP contribution in [0.15, 0.2) is 59.7 Å². The van der Waals surface area contributed by atoms with Crippen LogP contribution in [0, 0.1) is 0 Å². The number of carboxylic acids is 1. The fourth-order valence-corrected chi connectivity index (χ4v) is 1.72. The first-order chi connectivity index (χ1) is 11.1. The second-order valence-electron chi connectivity index (χ2n) is 4.41.